The highest BCUT2D eigenvalue weighted by Gasteiger charge is 2.39. The number of fused-ring (bicyclic) bond motifs is 2. The van der Waals surface area contributed by atoms with Crippen LogP contribution in [0.3, 0.4) is 0 Å². The van der Waals surface area contributed by atoms with Crippen LogP contribution in [0.4, 0.5) is 0 Å². The van der Waals surface area contributed by atoms with E-state index in [-0.39, 0.29) is 0 Å². The average Bonchev–Trinajstić information content (AvgIpc) is 3.52. The second kappa shape index (κ2) is 7.67. The molecule has 0 aliphatic carbocycles. The van der Waals surface area contributed by atoms with E-state index >= 15 is 0 Å². The normalized spacial score (nSPS) is 23.0. The Bertz CT molecular complexity index is 1230. The van der Waals surface area contributed by atoms with Gasteiger partial charge in [-0.3, -0.25) is 9.36 Å². The van der Waals surface area contributed by atoms with Crippen molar-refractivity contribution in [3.63, 3.8) is 0 Å². The fraction of sp³-hybridized carbons (Fsp3) is 0.360. The van der Waals surface area contributed by atoms with Gasteiger partial charge in [-0.05, 0) is 44.4 Å². The Morgan fingerprint density at radius 1 is 0.719 bits per heavy atom. The third-order valence-electron chi connectivity index (χ3n) is 7.19. The quantitative estimate of drug-likeness (QED) is 0.490. The summed E-state index contributed by atoms with van der Waals surface area (Å²) in [7, 11) is 4.20. The number of aromatic nitrogens is 6. The van der Waals surface area contributed by atoms with E-state index in [4.69, 9.17) is 5.10 Å². The zero-order valence-electron chi connectivity index (χ0n) is 18.5. The van der Waals surface area contributed by atoms with Crippen LogP contribution in [0.1, 0.15) is 31.7 Å². The van der Waals surface area contributed by atoms with Gasteiger partial charge in [0.2, 0.25) is 0 Å². The van der Waals surface area contributed by atoms with E-state index in [1.165, 1.54) is 25.7 Å². The molecule has 0 saturated carbocycles. The van der Waals surface area contributed by atoms with Gasteiger partial charge >= 0.3 is 0 Å². The van der Waals surface area contributed by atoms with Crippen LogP contribution in [0.25, 0.3) is 33.6 Å². The molecular weight excluding hydrogens is 398 g/mol. The first-order valence-corrected chi connectivity index (χ1v) is 11.3. The van der Waals surface area contributed by atoms with Crippen molar-refractivity contribution in [3.8, 4) is 33.6 Å². The van der Waals surface area contributed by atoms with Crippen LogP contribution in [0, 0.1) is 0 Å². The number of hydrogen-bond acceptors (Lipinski definition) is 5. The molecule has 2 aliphatic heterocycles. The van der Waals surface area contributed by atoms with Crippen LogP contribution in [0.5, 0.6) is 0 Å². The number of benzene rings is 1. The standard InChI is InChI=1S/C25H27N7/c1-30-15-20(13-28-30)17-4-3-5-18(8-17)25-26-11-19(12-27-25)21-14-29-32(16-21)24-9-22-6-7-23(10-24)31(22)2/h3-5,8,11-16,22-24H,6-7,9-10H2,1-2H3. The molecule has 2 unspecified atom stereocenters. The van der Waals surface area contributed by atoms with Gasteiger partial charge in [0.25, 0.3) is 0 Å². The maximum absolute atomic E-state index is 4.70. The highest BCUT2D eigenvalue weighted by molar-refractivity contribution is 5.70. The second-order valence-corrected chi connectivity index (χ2v) is 9.16. The van der Waals surface area contributed by atoms with E-state index < -0.39 is 0 Å². The number of aryl methyl sites for hydroxylation is 1. The maximum Gasteiger partial charge on any atom is 0.159 e. The molecule has 2 atom stereocenters. The van der Waals surface area contributed by atoms with Crippen molar-refractivity contribution in [2.75, 3.05) is 7.05 Å². The summed E-state index contributed by atoms with van der Waals surface area (Å²) in [5.74, 6) is 0.721. The summed E-state index contributed by atoms with van der Waals surface area (Å²) in [5, 5.41) is 8.97. The lowest BCUT2D eigenvalue weighted by atomic mass is 9.98. The first-order valence-electron chi connectivity index (χ1n) is 11.3. The zero-order valence-corrected chi connectivity index (χ0v) is 18.5. The lowest BCUT2D eigenvalue weighted by Gasteiger charge is -2.36. The molecule has 2 saturated heterocycles. The Morgan fingerprint density at radius 3 is 2.12 bits per heavy atom. The van der Waals surface area contributed by atoms with Gasteiger partial charge in [0.1, 0.15) is 0 Å². The summed E-state index contributed by atoms with van der Waals surface area (Å²) in [6.45, 7) is 0. The van der Waals surface area contributed by atoms with Crippen molar-refractivity contribution in [1.29, 1.82) is 0 Å². The summed E-state index contributed by atoms with van der Waals surface area (Å²) < 4.78 is 3.97. The first kappa shape index (κ1) is 19.4. The van der Waals surface area contributed by atoms with Crippen LogP contribution >= 0.6 is 0 Å². The molecule has 5 heterocycles. The molecular formula is C25H27N7. The summed E-state index contributed by atoms with van der Waals surface area (Å²) in [6.07, 6.45) is 16.8. The lowest BCUT2D eigenvalue weighted by Crippen LogP contribution is -2.40. The van der Waals surface area contributed by atoms with Gasteiger partial charge in [-0.15, -0.1) is 0 Å². The van der Waals surface area contributed by atoms with Gasteiger partial charge in [0, 0.05) is 66.2 Å². The van der Waals surface area contributed by atoms with Crippen LogP contribution in [0.15, 0.2) is 61.4 Å². The van der Waals surface area contributed by atoms with Crippen molar-refractivity contribution in [2.45, 2.75) is 43.8 Å². The molecule has 162 valence electrons. The number of piperidine rings is 1. The molecule has 4 aromatic rings. The minimum absolute atomic E-state index is 0.493. The summed E-state index contributed by atoms with van der Waals surface area (Å²) in [5.41, 5.74) is 5.26. The monoisotopic (exact) mass is 425 g/mol. The Labute approximate surface area is 187 Å². The third-order valence-corrected chi connectivity index (χ3v) is 7.19. The van der Waals surface area contributed by atoms with Crippen LogP contribution in [-0.4, -0.2) is 53.6 Å². The summed E-state index contributed by atoms with van der Waals surface area (Å²) >= 11 is 0. The molecule has 0 N–H and O–H groups in total. The molecule has 0 spiro atoms. The number of rotatable bonds is 4. The SMILES string of the molecule is CN1C2CCC1CC(n1cc(-c3cnc(-c4cccc(-c5cnn(C)c5)c4)nc3)cn1)C2. The molecule has 2 aliphatic rings. The Balaban J connectivity index is 1.21. The summed E-state index contributed by atoms with van der Waals surface area (Å²) in [6, 6.07) is 10.2. The fourth-order valence-electron chi connectivity index (χ4n) is 5.32. The van der Waals surface area contributed by atoms with E-state index in [0.29, 0.717) is 18.1 Å². The molecule has 0 amide bonds. The second-order valence-electron chi connectivity index (χ2n) is 9.16. The smallest absolute Gasteiger partial charge is 0.159 e. The van der Waals surface area contributed by atoms with Crippen molar-refractivity contribution in [2.24, 2.45) is 7.05 Å². The van der Waals surface area contributed by atoms with E-state index in [2.05, 4.69) is 50.0 Å². The molecule has 7 nitrogen and oxygen atoms in total. The van der Waals surface area contributed by atoms with Gasteiger partial charge in [0.05, 0.1) is 18.4 Å². The predicted molar refractivity (Wildman–Crippen MR) is 124 cm³/mol. The summed E-state index contributed by atoms with van der Waals surface area (Å²) in [4.78, 5) is 11.9. The maximum atomic E-state index is 4.70. The van der Waals surface area contributed by atoms with Crippen molar-refractivity contribution < 1.29 is 0 Å². The molecule has 6 rings (SSSR count). The van der Waals surface area contributed by atoms with Gasteiger partial charge in [0.15, 0.2) is 5.82 Å². The highest BCUT2D eigenvalue weighted by atomic mass is 15.3. The van der Waals surface area contributed by atoms with E-state index in [0.717, 1.165) is 33.6 Å². The molecule has 2 bridgehead atoms. The number of hydrogen-bond donors (Lipinski definition) is 0. The molecule has 2 fully saturated rings. The van der Waals surface area contributed by atoms with Gasteiger partial charge in [-0.25, -0.2) is 9.97 Å². The highest BCUT2D eigenvalue weighted by Crippen LogP contribution is 2.39. The largest absolute Gasteiger partial charge is 0.300 e. The minimum Gasteiger partial charge on any atom is -0.300 e. The molecule has 7 heteroatoms. The van der Waals surface area contributed by atoms with Crippen molar-refractivity contribution in [3.05, 3.63) is 61.4 Å². The Hall–Kier alpha value is -3.32. The molecule has 32 heavy (non-hydrogen) atoms. The molecule has 0 radical (unpaired) electrons. The topological polar surface area (TPSA) is 64.7 Å². The minimum atomic E-state index is 0.493. The molecule has 3 aromatic heterocycles. The zero-order chi connectivity index (χ0) is 21.7. The Kier molecular flexibility index (Phi) is 4.64. The fourth-order valence-corrected chi connectivity index (χ4v) is 5.32. The van der Waals surface area contributed by atoms with Crippen molar-refractivity contribution >= 4 is 0 Å². The predicted octanol–water partition coefficient (Wildman–Crippen LogP) is 4.21. The molecule has 1 aromatic carbocycles. The Morgan fingerprint density at radius 2 is 1.41 bits per heavy atom. The first-order chi connectivity index (χ1) is 15.6. The third kappa shape index (κ3) is 3.42. The number of nitrogens with zero attached hydrogens (tertiary/aromatic N) is 7. The van der Waals surface area contributed by atoms with E-state index in [1.807, 2.05) is 54.8 Å². The van der Waals surface area contributed by atoms with Crippen molar-refractivity contribution in [1.82, 2.24) is 34.4 Å². The van der Waals surface area contributed by atoms with Crippen LogP contribution < -0.4 is 0 Å². The van der Waals surface area contributed by atoms with Gasteiger partial charge < -0.3 is 4.90 Å². The van der Waals surface area contributed by atoms with E-state index in [1.54, 1.807) is 0 Å². The lowest BCUT2D eigenvalue weighted by molar-refractivity contribution is 0.131. The van der Waals surface area contributed by atoms with Gasteiger partial charge in [-0.1, -0.05) is 18.2 Å². The van der Waals surface area contributed by atoms with E-state index in [9.17, 15) is 0 Å². The van der Waals surface area contributed by atoms with Gasteiger partial charge in [-0.2, -0.15) is 10.2 Å². The van der Waals surface area contributed by atoms with Crippen LogP contribution in [-0.2, 0) is 7.05 Å². The average molecular weight is 426 g/mol. The van der Waals surface area contributed by atoms with Crippen LogP contribution in [0.2, 0.25) is 0 Å².